The molecule has 1 saturated carbocycles. The van der Waals surface area contributed by atoms with Crippen molar-refractivity contribution in [1.82, 2.24) is 34.0 Å². The van der Waals surface area contributed by atoms with Crippen molar-refractivity contribution in [1.29, 1.82) is 0 Å². The summed E-state index contributed by atoms with van der Waals surface area (Å²) in [5.74, 6) is 0.328. The Morgan fingerprint density at radius 2 is 1.98 bits per heavy atom. The summed E-state index contributed by atoms with van der Waals surface area (Å²) in [5, 5.41) is 18.6. The van der Waals surface area contributed by atoms with Crippen LogP contribution in [0.3, 0.4) is 0 Å². The number of anilines is 1. The third kappa shape index (κ3) is 5.48. The first-order chi connectivity index (χ1) is 23.6. The predicted molar refractivity (Wildman–Crippen MR) is 181 cm³/mol. The number of amides is 2. The van der Waals surface area contributed by atoms with Gasteiger partial charge in [0.15, 0.2) is 17.3 Å². The van der Waals surface area contributed by atoms with E-state index >= 15 is 0 Å². The van der Waals surface area contributed by atoms with Crippen LogP contribution in [-0.2, 0) is 21.5 Å². The topological polar surface area (TPSA) is 157 Å². The molecule has 2 N–H and O–H groups in total. The predicted octanol–water partition coefficient (Wildman–Crippen LogP) is 4.35. The van der Waals surface area contributed by atoms with Crippen LogP contribution in [-0.4, -0.2) is 77.3 Å². The number of ether oxygens (including phenoxy) is 1. The number of piperidine rings is 1. The third-order valence-electron chi connectivity index (χ3n) is 10.6. The van der Waals surface area contributed by atoms with Crippen LogP contribution in [0.5, 0.6) is 5.75 Å². The van der Waals surface area contributed by atoms with Gasteiger partial charge < -0.3 is 24.6 Å². The lowest BCUT2D eigenvalue weighted by molar-refractivity contribution is -0.116. The van der Waals surface area contributed by atoms with Crippen molar-refractivity contribution in [3.63, 3.8) is 0 Å². The van der Waals surface area contributed by atoms with Crippen LogP contribution in [0.2, 0.25) is 5.02 Å². The average Bonchev–Trinajstić information content (AvgIpc) is 3.78. The van der Waals surface area contributed by atoms with E-state index in [4.69, 9.17) is 26.4 Å². The number of aromatic hydroxyl groups is 1. The van der Waals surface area contributed by atoms with Crippen LogP contribution in [0.4, 0.5) is 5.69 Å². The van der Waals surface area contributed by atoms with E-state index in [9.17, 15) is 19.5 Å². The molecule has 1 spiro atoms. The summed E-state index contributed by atoms with van der Waals surface area (Å²) in [6.45, 7) is 5.32. The first kappa shape index (κ1) is 31.6. The van der Waals surface area contributed by atoms with Gasteiger partial charge in [-0.05, 0) is 80.6 Å². The molecule has 49 heavy (non-hydrogen) atoms. The number of carbonyl (C=O) groups is 2. The first-order valence-corrected chi connectivity index (χ1v) is 17.2. The lowest BCUT2D eigenvalue weighted by Crippen LogP contribution is -2.46. The third-order valence-corrected chi connectivity index (χ3v) is 10.9. The molecule has 5 heterocycles. The summed E-state index contributed by atoms with van der Waals surface area (Å²) in [5.41, 5.74) is 3.52. The van der Waals surface area contributed by atoms with Gasteiger partial charge in [-0.15, -0.1) is 5.10 Å². The number of hydrogen-bond donors (Lipinski definition) is 2. The normalized spacial score (nSPS) is 20.0. The highest BCUT2D eigenvalue weighted by atomic mass is 35.5. The van der Waals surface area contributed by atoms with E-state index in [2.05, 4.69) is 22.2 Å². The monoisotopic (exact) mass is 684 g/mol. The molecule has 0 bridgehead atoms. The molecule has 254 valence electrons. The Morgan fingerprint density at radius 3 is 2.69 bits per heavy atom. The molecule has 2 aliphatic heterocycles. The zero-order valence-electron chi connectivity index (χ0n) is 27.4. The van der Waals surface area contributed by atoms with Gasteiger partial charge in [0.25, 0.3) is 11.5 Å². The van der Waals surface area contributed by atoms with Crippen LogP contribution >= 0.6 is 11.6 Å². The second-order valence-electron chi connectivity index (χ2n) is 13.7. The molecule has 4 aromatic rings. The fourth-order valence-corrected chi connectivity index (χ4v) is 8.13. The van der Waals surface area contributed by atoms with Gasteiger partial charge in [-0.3, -0.25) is 14.4 Å². The minimum atomic E-state index is -0.537. The lowest BCUT2D eigenvalue weighted by atomic mass is 9.73. The molecule has 2 fully saturated rings. The van der Waals surface area contributed by atoms with Crippen molar-refractivity contribution in [2.45, 2.75) is 76.2 Å². The first-order valence-electron chi connectivity index (χ1n) is 16.8. The van der Waals surface area contributed by atoms with Crippen molar-refractivity contribution in [3.8, 4) is 5.75 Å². The fraction of sp³-hybridized carbons (Fsp3) is 0.457. The highest BCUT2D eigenvalue weighted by Crippen LogP contribution is 2.50. The summed E-state index contributed by atoms with van der Waals surface area (Å²) in [6, 6.07) is 5.78. The van der Waals surface area contributed by atoms with Gasteiger partial charge in [-0.1, -0.05) is 30.7 Å². The van der Waals surface area contributed by atoms with E-state index in [1.54, 1.807) is 11.8 Å². The number of nitrogens with zero attached hydrogens (tertiary/aromatic N) is 7. The molecule has 2 aliphatic carbocycles. The molecule has 13 nitrogen and oxygen atoms in total. The van der Waals surface area contributed by atoms with Gasteiger partial charge >= 0.3 is 0 Å². The van der Waals surface area contributed by atoms with Crippen LogP contribution in [0.15, 0.2) is 35.4 Å². The Morgan fingerprint density at radius 1 is 1.18 bits per heavy atom. The molecule has 1 atom stereocenters. The number of likely N-dealkylation sites (tertiary alicyclic amines) is 1. The number of hydrogen-bond acceptors (Lipinski definition) is 9. The number of carbonyl (C=O) groups excluding carboxylic acids is 2. The molecule has 0 radical (unpaired) electrons. The number of benzene rings is 1. The second kappa shape index (κ2) is 12.1. The van der Waals surface area contributed by atoms with Crippen LogP contribution < -0.4 is 10.9 Å². The minimum Gasteiger partial charge on any atom is -0.504 e. The van der Waals surface area contributed by atoms with Crippen molar-refractivity contribution in [3.05, 3.63) is 80.0 Å². The van der Waals surface area contributed by atoms with Crippen molar-refractivity contribution < 1.29 is 19.4 Å². The van der Waals surface area contributed by atoms with Crippen molar-refractivity contribution in [2.24, 2.45) is 0 Å². The molecule has 1 aromatic carbocycles. The summed E-state index contributed by atoms with van der Waals surface area (Å²) in [7, 11) is 0. The Hall–Kier alpha value is -4.62. The molecular formula is C35H37ClN8O5. The standard InChI is InChI=1S/C35H37ClN8O5/c1-19-16-35(9-11-42(12-10-35)33(48)28-30(46)20(2)37-18-38-28)27-29(19)43(17-26(45)39-25-6-5-23(15-24(25)36)21-3-4-21)34-40-31(41-44(34)32(27)47)22-7-13-49-14-8-22/h5-7,15,18-19,21,46H,3-4,8-14,16-17H2,1-2H3,(H,39,45). The number of rotatable bonds is 6. The zero-order chi connectivity index (χ0) is 34.0. The van der Waals surface area contributed by atoms with Crippen LogP contribution in [0.1, 0.15) is 96.1 Å². The Labute approximate surface area is 287 Å². The second-order valence-corrected chi connectivity index (χ2v) is 14.2. The van der Waals surface area contributed by atoms with Crippen LogP contribution in [0, 0.1) is 6.92 Å². The van der Waals surface area contributed by atoms with Crippen molar-refractivity contribution >= 4 is 40.5 Å². The van der Waals surface area contributed by atoms with Gasteiger partial charge in [-0.2, -0.15) is 9.50 Å². The Balaban J connectivity index is 1.16. The number of aryl methyl sites for hydroxylation is 1. The molecule has 1 saturated heterocycles. The smallest absolute Gasteiger partial charge is 0.279 e. The summed E-state index contributed by atoms with van der Waals surface area (Å²) < 4.78 is 8.67. The average molecular weight is 685 g/mol. The number of nitrogens with one attached hydrogen (secondary N) is 1. The maximum atomic E-state index is 14.5. The van der Waals surface area contributed by atoms with E-state index in [0.29, 0.717) is 91.5 Å². The SMILES string of the molecule is Cc1ncnc(C(=O)N2CCC3(CC2)CC(C)c2c3c(=O)n3nc(C4=CCOCC4)nc3n2CC(=O)Nc2ccc(C3CC3)cc2Cl)c1O. The molecule has 3 aromatic heterocycles. The summed E-state index contributed by atoms with van der Waals surface area (Å²) in [6.07, 6.45) is 7.85. The molecule has 2 amide bonds. The maximum absolute atomic E-state index is 14.5. The van der Waals surface area contributed by atoms with Gasteiger partial charge in [0.05, 0.1) is 29.6 Å². The molecule has 1 unspecified atom stereocenters. The maximum Gasteiger partial charge on any atom is 0.279 e. The molecule has 8 rings (SSSR count). The largest absolute Gasteiger partial charge is 0.504 e. The summed E-state index contributed by atoms with van der Waals surface area (Å²) in [4.78, 5) is 56.2. The number of aromatic nitrogens is 6. The highest BCUT2D eigenvalue weighted by molar-refractivity contribution is 6.33. The number of halogens is 1. The molecule has 14 heteroatoms. The van der Waals surface area contributed by atoms with Gasteiger partial charge in [-0.25, -0.2) is 9.97 Å². The van der Waals surface area contributed by atoms with E-state index in [1.807, 2.05) is 28.8 Å². The fourth-order valence-electron chi connectivity index (χ4n) is 7.89. The summed E-state index contributed by atoms with van der Waals surface area (Å²) >= 11 is 6.60. The van der Waals surface area contributed by atoms with Crippen molar-refractivity contribution in [2.75, 3.05) is 31.6 Å². The van der Waals surface area contributed by atoms with Gasteiger partial charge in [0.1, 0.15) is 12.9 Å². The van der Waals surface area contributed by atoms with E-state index in [0.717, 1.165) is 24.1 Å². The highest BCUT2D eigenvalue weighted by Gasteiger charge is 2.49. The Kier molecular flexibility index (Phi) is 7.79. The molecular weight excluding hydrogens is 648 g/mol. The lowest BCUT2D eigenvalue weighted by Gasteiger charge is -2.39. The van der Waals surface area contributed by atoms with Gasteiger partial charge in [0, 0.05) is 29.8 Å². The Bertz CT molecular complexity index is 2110. The number of fused-ring (bicyclic) bond motifs is 3. The zero-order valence-corrected chi connectivity index (χ0v) is 28.2. The van der Waals surface area contributed by atoms with E-state index in [1.165, 1.54) is 16.4 Å². The quantitative estimate of drug-likeness (QED) is 0.301. The minimum absolute atomic E-state index is 0.0291. The van der Waals surface area contributed by atoms with Crippen LogP contribution in [0.25, 0.3) is 11.4 Å². The van der Waals surface area contributed by atoms with Gasteiger partial charge in [0.2, 0.25) is 11.7 Å². The van der Waals surface area contributed by atoms with E-state index < -0.39 is 5.41 Å². The van der Waals surface area contributed by atoms with E-state index in [-0.39, 0.29) is 41.3 Å². The molecule has 4 aliphatic rings.